The van der Waals surface area contributed by atoms with Crippen LogP contribution in [0.15, 0.2) is 29.1 Å². The van der Waals surface area contributed by atoms with Gasteiger partial charge in [0.15, 0.2) is 0 Å². The van der Waals surface area contributed by atoms with E-state index in [0.29, 0.717) is 5.82 Å². The standard InChI is InChI=1S/C20H28N4O2/c1-3-16-7-8-17(22-19-13-15(2)21-20(25)23-19)14-18(16)26-12-6-11-24-9-4-5-10-24/h7-8,13-14H,3-6,9-12H2,1-2H3,(H2,21,22,23,25). The molecule has 0 atom stereocenters. The first kappa shape index (κ1) is 18.5. The Morgan fingerprint density at radius 1 is 1.27 bits per heavy atom. The van der Waals surface area contributed by atoms with E-state index in [9.17, 15) is 4.79 Å². The third-order valence-corrected chi connectivity index (χ3v) is 4.67. The van der Waals surface area contributed by atoms with Gasteiger partial charge < -0.3 is 19.9 Å². The van der Waals surface area contributed by atoms with Gasteiger partial charge in [0.25, 0.3) is 0 Å². The summed E-state index contributed by atoms with van der Waals surface area (Å²) in [7, 11) is 0. The zero-order valence-electron chi connectivity index (χ0n) is 15.7. The Labute approximate surface area is 154 Å². The average Bonchev–Trinajstić information content (AvgIpc) is 3.11. The summed E-state index contributed by atoms with van der Waals surface area (Å²) >= 11 is 0. The van der Waals surface area contributed by atoms with Crippen molar-refractivity contribution in [3.63, 3.8) is 0 Å². The molecule has 1 aliphatic rings. The van der Waals surface area contributed by atoms with E-state index in [0.717, 1.165) is 43.1 Å². The summed E-state index contributed by atoms with van der Waals surface area (Å²) < 4.78 is 6.06. The van der Waals surface area contributed by atoms with Gasteiger partial charge in [-0.3, -0.25) is 0 Å². The SMILES string of the molecule is CCc1ccc(Nc2cc(C)[nH]c(=O)n2)cc1OCCCN1CCCC1. The number of ether oxygens (including phenoxy) is 1. The van der Waals surface area contributed by atoms with Crippen LogP contribution >= 0.6 is 0 Å². The van der Waals surface area contributed by atoms with Crippen molar-refractivity contribution in [1.29, 1.82) is 0 Å². The minimum absolute atomic E-state index is 0.351. The van der Waals surface area contributed by atoms with Crippen LogP contribution in [0.3, 0.4) is 0 Å². The van der Waals surface area contributed by atoms with Gasteiger partial charge in [-0.15, -0.1) is 0 Å². The molecule has 3 rings (SSSR count). The third kappa shape index (κ3) is 5.08. The molecule has 140 valence electrons. The molecule has 0 amide bonds. The molecular weight excluding hydrogens is 328 g/mol. The van der Waals surface area contributed by atoms with Crippen LogP contribution in [0, 0.1) is 6.92 Å². The Morgan fingerprint density at radius 3 is 2.81 bits per heavy atom. The second-order valence-corrected chi connectivity index (χ2v) is 6.81. The fourth-order valence-corrected chi connectivity index (χ4v) is 3.33. The van der Waals surface area contributed by atoms with E-state index < -0.39 is 0 Å². The van der Waals surface area contributed by atoms with Crippen molar-refractivity contribution in [2.24, 2.45) is 0 Å². The normalized spacial score (nSPS) is 14.5. The van der Waals surface area contributed by atoms with E-state index in [1.165, 1.54) is 31.5 Å². The molecule has 1 aliphatic heterocycles. The quantitative estimate of drug-likeness (QED) is 0.711. The van der Waals surface area contributed by atoms with E-state index in [2.05, 4.69) is 33.2 Å². The number of anilines is 2. The number of aryl methyl sites for hydroxylation is 2. The number of rotatable bonds is 8. The van der Waals surface area contributed by atoms with Crippen molar-refractivity contribution in [2.75, 3.05) is 31.6 Å². The molecule has 1 fully saturated rings. The van der Waals surface area contributed by atoms with Gasteiger partial charge in [-0.05, 0) is 57.3 Å². The average molecular weight is 356 g/mol. The number of hydrogen-bond donors (Lipinski definition) is 2. The highest BCUT2D eigenvalue weighted by Crippen LogP contribution is 2.26. The minimum Gasteiger partial charge on any atom is -0.493 e. The zero-order valence-corrected chi connectivity index (χ0v) is 15.7. The van der Waals surface area contributed by atoms with Crippen LogP contribution in [0.25, 0.3) is 0 Å². The molecule has 2 heterocycles. The molecule has 2 N–H and O–H groups in total. The van der Waals surface area contributed by atoms with Gasteiger partial charge in [0.2, 0.25) is 0 Å². The van der Waals surface area contributed by atoms with Crippen LogP contribution in [-0.2, 0) is 6.42 Å². The number of hydrogen-bond acceptors (Lipinski definition) is 5. The lowest BCUT2D eigenvalue weighted by Gasteiger charge is -2.16. The number of nitrogens with one attached hydrogen (secondary N) is 2. The summed E-state index contributed by atoms with van der Waals surface area (Å²) in [5.41, 5.74) is 2.48. The van der Waals surface area contributed by atoms with E-state index in [1.807, 2.05) is 25.1 Å². The fourth-order valence-electron chi connectivity index (χ4n) is 3.33. The highest BCUT2D eigenvalue weighted by molar-refractivity contribution is 5.59. The lowest BCUT2D eigenvalue weighted by atomic mass is 10.1. The Kier molecular flexibility index (Phi) is 6.28. The van der Waals surface area contributed by atoms with Gasteiger partial charge in [0.1, 0.15) is 11.6 Å². The van der Waals surface area contributed by atoms with E-state index >= 15 is 0 Å². The van der Waals surface area contributed by atoms with Crippen molar-refractivity contribution < 1.29 is 4.74 Å². The largest absolute Gasteiger partial charge is 0.493 e. The molecule has 0 bridgehead atoms. The molecule has 1 aromatic heterocycles. The summed E-state index contributed by atoms with van der Waals surface area (Å²) in [5.74, 6) is 1.44. The fraction of sp³-hybridized carbons (Fsp3) is 0.500. The number of H-pyrrole nitrogens is 1. The minimum atomic E-state index is -0.351. The predicted octanol–water partition coefficient (Wildman–Crippen LogP) is 3.25. The second kappa shape index (κ2) is 8.85. The monoisotopic (exact) mass is 356 g/mol. The second-order valence-electron chi connectivity index (χ2n) is 6.81. The predicted molar refractivity (Wildman–Crippen MR) is 104 cm³/mol. The van der Waals surface area contributed by atoms with Crippen LogP contribution in [0.4, 0.5) is 11.5 Å². The van der Waals surface area contributed by atoms with Gasteiger partial charge in [-0.2, -0.15) is 4.98 Å². The summed E-state index contributed by atoms with van der Waals surface area (Å²) in [6.45, 7) is 8.24. The van der Waals surface area contributed by atoms with Gasteiger partial charge in [0.05, 0.1) is 6.61 Å². The molecule has 0 radical (unpaired) electrons. The first-order valence-electron chi connectivity index (χ1n) is 9.47. The van der Waals surface area contributed by atoms with Crippen molar-refractivity contribution in [3.8, 4) is 5.75 Å². The lowest BCUT2D eigenvalue weighted by Crippen LogP contribution is -2.22. The smallest absolute Gasteiger partial charge is 0.347 e. The van der Waals surface area contributed by atoms with Gasteiger partial charge >= 0.3 is 5.69 Å². The molecule has 1 saturated heterocycles. The molecule has 0 unspecified atom stereocenters. The number of benzene rings is 1. The van der Waals surface area contributed by atoms with Gasteiger partial charge in [-0.1, -0.05) is 13.0 Å². The molecular formula is C20H28N4O2. The Balaban J connectivity index is 1.62. The first-order chi connectivity index (χ1) is 12.6. The van der Waals surface area contributed by atoms with Gasteiger partial charge in [-0.25, -0.2) is 4.79 Å². The third-order valence-electron chi connectivity index (χ3n) is 4.67. The summed E-state index contributed by atoms with van der Waals surface area (Å²) in [4.78, 5) is 20.6. The molecule has 0 aliphatic carbocycles. The highest BCUT2D eigenvalue weighted by atomic mass is 16.5. The molecule has 0 spiro atoms. The van der Waals surface area contributed by atoms with Crippen LogP contribution in [0.5, 0.6) is 5.75 Å². The van der Waals surface area contributed by atoms with Crippen LogP contribution < -0.4 is 15.7 Å². The first-order valence-corrected chi connectivity index (χ1v) is 9.47. The molecule has 6 heteroatoms. The Bertz CT molecular complexity index is 782. The maximum atomic E-state index is 11.5. The number of nitrogens with zero attached hydrogens (tertiary/aromatic N) is 2. The van der Waals surface area contributed by atoms with Crippen molar-refractivity contribution in [1.82, 2.24) is 14.9 Å². The summed E-state index contributed by atoms with van der Waals surface area (Å²) in [6, 6.07) is 7.87. The Hall–Kier alpha value is -2.34. The van der Waals surface area contributed by atoms with Crippen molar-refractivity contribution in [2.45, 2.75) is 39.5 Å². The lowest BCUT2D eigenvalue weighted by molar-refractivity contribution is 0.262. The Morgan fingerprint density at radius 2 is 2.08 bits per heavy atom. The van der Waals surface area contributed by atoms with E-state index in [4.69, 9.17) is 4.74 Å². The molecule has 2 aromatic rings. The zero-order chi connectivity index (χ0) is 18.4. The van der Waals surface area contributed by atoms with Crippen LogP contribution in [0.1, 0.15) is 37.4 Å². The molecule has 6 nitrogen and oxygen atoms in total. The molecule has 26 heavy (non-hydrogen) atoms. The summed E-state index contributed by atoms with van der Waals surface area (Å²) in [6.07, 6.45) is 4.61. The molecule has 1 aromatic carbocycles. The molecule has 0 saturated carbocycles. The number of likely N-dealkylation sites (tertiary alicyclic amines) is 1. The summed E-state index contributed by atoms with van der Waals surface area (Å²) in [5, 5.41) is 3.19. The van der Waals surface area contributed by atoms with Crippen molar-refractivity contribution in [3.05, 3.63) is 46.0 Å². The topological polar surface area (TPSA) is 70.2 Å². The number of aromatic nitrogens is 2. The number of aromatic amines is 1. The van der Waals surface area contributed by atoms with E-state index in [1.54, 1.807) is 0 Å². The van der Waals surface area contributed by atoms with Crippen LogP contribution in [0.2, 0.25) is 0 Å². The highest BCUT2D eigenvalue weighted by Gasteiger charge is 2.11. The van der Waals surface area contributed by atoms with Crippen LogP contribution in [-0.4, -0.2) is 41.1 Å². The maximum Gasteiger partial charge on any atom is 0.347 e. The maximum absolute atomic E-state index is 11.5. The van der Waals surface area contributed by atoms with Gasteiger partial charge in [0, 0.05) is 30.1 Å². The van der Waals surface area contributed by atoms with E-state index in [-0.39, 0.29) is 5.69 Å². The van der Waals surface area contributed by atoms with Crippen molar-refractivity contribution >= 4 is 11.5 Å².